The maximum atomic E-state index is 13.4. The fourth-order valence-electron chi connectivity index (χ4n) is 8.04. The number of rotatable bonds is 18. The van der Waals surface area contributed by atoms with Gasteiger partial charge in [-0.05, 0) is 122 Å². The van der Waals surface area contributed by atoms with Crippen LogP contribution in [0.3, 0.4) is 0 Å². The topological polar surface area (TPSA) is 243 Å². The lowest BCUT2D eigenvalue weighted by Gasteiger charge is -2.31. The molecule has 0 unspecified atom stereocenters. The van der Waals surface area contributed by atoms with Gasteiger partial charge in [0.25, 0.3) is 5.91 Å². The van der Waals surface area contributed by atoms with Crippen molar-refractivity contribution < 1.29 is 29.1 Å². The van der Waals surface area contributed by atoms with Gasteiger partial charge < -0.3 is 36.0 Å². The molecule has 6 aromatic rings. The number of nitrogens with zero attached hydrogens (tertiary/aromatic N) is 7. The summed E-state index contributed by atoms with van der Waals surface area (Å²) in [6.07, 6.45) is 15.1. The SMILES string of the molecule is C#Cc1ccc(CCO)cc1.CCC(C)(C)C.CNC(=O)[C@@H]1CCCN1C=O.Cc1nc(N2CCc3cccc(C(=O)Nc4nc5cccnc5s4)c3C2)ccc1-c1cnn(CC(C)C)c1C.NC(=O)CCNCCSNC=O. The van der Waals surface area contributed by atoms with Crippen LogP contribution in [0.2, 0.25) is 0 Å². The molecule has 0 bridgehead atoms. The number of carbonyl (C=O) groups is 5. The van der Waals surface area contributed by atoms with E-state index in [2.05, 4.69) is 125 Å². The Morgan fingerprint density at radius 3 is 2.37 bits per heavy atom. The van der Waals surface area contributed by atoms with Crippen LogP contribution in [0.15, 0.2) is 79.1 Å². The van der Waals surface area contributed by atoms with Gasteiger partial charge in [-0.25, -0.2) is 15.0 Å². The van der Waals surface area contributed by atoms with E-state index in [9.17, 15) is 24.0 Å². The van der Waals surface area contributed by atoms with Crippen LogP contribution < -0.4 is 31.3 Å². The second kappa shape index (κ2) is 33.3. The van der Waals surface area contributed by atoms with Crippen molar-refractivity contribution in [1.82, 2.24) is 45.0 Å². The monoisotopic (exact) mass is 1120 g/mol. The third kappa shape index (κ3) is 21.2. The van der Waals surface area contributed by atoms with Gasteiger partial charge in [0.05, 0.1) is 6.20 Å². The molecule has 6 heterocycles. The van der Waals surface area contributed by atoms with Gasteiger partial charge in [-0.15, -0.1) is 6.42 Å². The maximum absolute atomic E-state index is 13.4. The average molecular weight is 1120 g/mol. The number of nitrogens with one attached hydrogen (secondary N) is 4. The zero-order valence-electron chi connectivity index (χ0n) is 47.3. The number of aryl methyl sites for hydroxylation is 1. The molecule has 0 spiro atoms. The van der Waals surface area contributed by atoms with Gasteiger partial charge >= 0.3 is 0 Å². The average Bonchev–Trinajstić information content (AvgIpc) is 4.22. The fraction of sp³-hybridized carbons (Fsp3) is 0.441. The Bertz CT molecular complexity index is 2900. The van der Waals surface area contributed by atoms with Crippen LogP contribution in [0, 0.1) is 37.5 Å². The van der Waals surface area contributed by atoms with Crippen molar-refractivity contribution in [3.8, 4) is 23.5 Å². The number of likely N-dealkylation sites (N-methyl/N-ethyl adjacent to an activating group) is 1. The molecule has 7 N–H and O–H groups in total. The molecule has 20 heteroatoms. The number of aliphatic hydroxyl groups excluding tert-OH is 1. The van der Waals surface area contributed by atoms with Crippen molar-refractivity contribution in [2.75, 3.05) is 55.8 Å². The molecule has 1 saturated heterocycles. The number of carbonyl (C=O) groups excluding carboxylic acids is 5. The predicted octanol–water partition coefficient (Wildman–Crippen LogP) is 7.88. The third-order valence-corrected chi connectivity index (χ3v) is 14.4. The Hall–Kier alpha value is -7.18. The first-order chi connectivity index (χ1) is 37.9. The number of terminal acetylenes is 1. The number of anilines is 2. The van der Waals surface area contributed by atoms with Crippen LogP contribution in [-0.4, -0.2) is 117 Å². The van der Waals surface area contributed by atoms with Crippen molar-refractivity contribution in [1.29, 1.82) is 0 Å². The van der Waals surface area contributed by atoms with Crippen molar-refractivity contribution in [3.05, 3.63) is 118 Å². The van der Waals surface area contributed by atoms with E-state index in [-0.39, 0.29) is 30.4 Å². The molecule has 4 aromatic heterocycles. The van der Waals surface area contributed by atoms with Gasteiger partial charge in [0.1, 0.15) is 22.2 Å². The number of pyridine rings is 2. The molecule has 18 nitrogen and oxygen atoms in total. The molecule has 0 saturated carbocycles. The number of aliphatic hydroxyl groups is 1. The van der Waals surface area contributed by atoms with E-state index in [1.165, 1.54) is 35.3 Å². The van der Waals surface area contributed by atoms with E-state index in [0.29, 0.717) is 60.9 Å². The summed E-state index contributed by atoms with van der Waals surface area (Å²) in [6.45, 7) is 22.1. The molecule has 2 aliphatic heterocycles. The van der Waals surface area contributed by atoms with E-state index < -0.39 is 0 Å². The van der Waals surface area contributed by atoms with Gasteiger partial charge in [0, 0.05) is 105 Å². The Balaban J connectivity index is 0.000000272. The molecule has 8 rings (SSSR count). The Labute approximate surface area is 474 Å². The van der Waals surface area contributed by atoms with Crippen LogP contribution in [0.4, 0.5) is 10.9 Å². The summed E-state index contributed by atoms with van der Waals surface area (Å²) in [7, 11) is 1.59. The largest absolute Gasteiger partial charge is 0.396 e. The first kappa shape index (κ1) is 64.3. The Morgan fingerprint density at radius 1 is 1.00 bits per heavy atom. The lowest BCUT2D eigenvalue weighted by molar-refractivity contribution is -0.130. The highest BCUT2D eigenvalue weighted by atomic mass is 32.2. The minimum Gasteiger partial charge on any atom is -0.396 e. The number of primary amides is 1. The summed E-state index contributed by atoms with van der Waals surface area (Å²) < 4.78 is 4.53. The van der Waals surface area contributed by atoms with Gasteiger partial charge in [-0.3, -0.25) is 34.0 Å². The minimum atomic E-state index is -0.304. The van der Waals surface area contributed by atoms with Gasteiger partial charge in [0.2, 0.25) is 24.6 Å². The number of nitrogens with two attached hydrogens (primary N) is 1. The first-order valence-electron chi connectivity index (χ1n) is 26.6. The molecule has 424 valence electrons. The minimum absolute atomic E-state index is 0.0606. The lowest BCUT2D eigenvalue weighted by Crippen LogP contribution is -2.41. The predicted molar refractivity (Wildman–Crippen MR) is 319 cm³/mol. The summed E-state index contributed by atoms with van der Waals surface area (Å²) in [6, 6.07) is 21.4. The Morgan fingerprint density at radius 2 is 1.75 bits per heavy atom. The van der Waals surface area contributed by atoms with E-state index in [1.54, 1.807) is 18.1 Å². The number of hydrogen-bond donors (Lipinski definition) is 6. The van der Waals surface area contributed by atoms with Gasteiger partial charge in [-0.1, -0.05) is 89.5 Å². The molecule has 0 radical (unpaired) electrons. The zero-order chi connectivity index (χ0) is 57.9. The number of benzene rings is 2. The molecule has 79 heavy (non-hydrogen) atoms. The summed E-state index contributed by atoms with van der Waals surface area (Å²) in [5.41, 5.74) is 15.5. The standard InChI is InChI=1S/C30H31N7OS.C10H10O.C7H12N2O2.C6H13N3O2S.C6H14/c1-18(2)16-37-20(4)24(15-32-37)22-10-11-27(33-19(22)3)36-14-12-21-7-5-8-23(25(21)17-36)28(38)35-30-34-26-9-6-13-31-29(26)39-30;1-2-9-3-5-10(6-4-9)7-8-11;1-8-7(11)6-3-2-4-9(6)5-10;7-6(11)1-2-8-3-4-12-9-5-10;1-5-6(2,3)4/h5-11,13,15,18H,12,14,16-17H2,1-4H3,(H,34,35,38);1,3-6,11H,7-8H2;5-6H,2-4H2,1H3,(H,8,11);5,8H,1-4H2,(H2,7,11)(H,9,10);5H2,1-4H3/t;;6-;;/m..0../s1. The second-order valence-electron chi connectivity index (χ2n) is 20.3. The lowest BCUT2D eigenvalue weighted by atomic mass is 9.94. The van der Waals surface area contributed by atoms with Crippen molar-refractivity contribution in [3.63, 3.8) is 0 Å². The highest BCUT2D eigenvalue weighted by Crippen LogP contribution is 2.32. The molecule has 1 fully saturated rings. The highest BCUT2D eigenvalue weighted by molar-refractivity contribution is 7.97. The van der Waals surface area contributed by atoms with Crippen LogP contribution in [0.1, 0.15) is 111 Å². The second-order valence-corrected chi connectivity index (χ2v) is 22.2. The summed E-state index contributed by atoms with van der Waals surface area (Å²) >= 11 is 2.70. The molecule has 2 aliphatic rings. The van der Waals surface area contributed by atoms with E-state index >= 15 is 0 Å². The van der Waals surface area contributed by atoms with Gasteiger partial charge in [0.15, 0.2) is 5.13 Å². The summed E-state index contributed by atoms with van der Waals surface area (Å²) in [5.74, 6) is 4.24. The van der Waals surface area contributed by atoms with Crippen molar-refractivity contribution in [2.45, 2.75) is 113 Å². The highest BCUT2D eigenvalue weighted by Gasteiger charge is 2.28. The summed E-state index contributed by atoms with van der Waals surface area (Å²) in [4.78, 5) is 73.3. The molecular formula is C59H80N12O6S2. The van der Waals surface area contributed by atoms with Gasteiger partial charge in [-0.2, -0.15) is 5.10 Å². The van der Waals surface area contributed by atoms with Crippen LogP contribution in [0.5, 0.6) is 0 Å². The zero-order valence-corrected chi connectivity index (χ0v) is 48.9. The fourth-order valence-corrected chi connectivity index (χ4v) is 9.27. The van der Waals surface area contributed by atoms with Crippen molar-refractivity contribution >= 4 is 75.1 Å². The van der Waals surface area contributed by atoms with Crippen molar-refractivity contribution in [2.24, 2.45) is 17.1 Å². The number of amides is 5. The molecule has 2 aromatic carbocycles. The van der Waals surface area contributed by atoms with E-state index in [0.717, 1.165) is 106 Å². The van der Waals surface area contributed by atoms with E-state index in [1.807, 2.05) is 54.7 Å². The number of aromatic nitrogens is 5. The third-order valence-electron chi connectivity index (χ3n) is 12.9. The smallest absolute Gasteiger partial charge is 0.257 e. The number of thiazole rings is 1. The van der Waals surface area contributed by atoms with Crippen LogP contribution in [-0.2, 0) is 45.1 Å². The molecule has 0 aliphatic carbocycles. The first-order valence-corrected chi connectivity index (χ1v) is 28.4. The van der Waals surface area contributed by atoms with Crippen LogP contribution in [0.25, 0.3) is 21.5 Å². The number of fused-ring (bicyclic) bond motifs is 2. The van der Waals surface area contributed by atoms with E-state index in [4.69, 9.17) is 22.2 Å². The number of hydrogen-bond acceptors (Lipinski definition) is 14. The normalized spacial score (nSPS) is 13.4. The van der Waals surface area contributed by atoms with Crippen LogP contribution >= 0.6 is 23.3 Å². The molecule has 1 atom stereocenters. The Kier molecular flexibility index (Phi) is 27.1. The number of likely N-dealkylation sites (tertiary alicyclic amines) is 1. The molecular weight excluding hydrogens is 1040 g/mol. The molecule has 5 amide bonds. The summed E-state index contributed by atoms with van der Waals surface area (Å²) in [5, 5.41) is 22.3. The maximum Gasteiger partial charge on any atom is 0.257 e. The quantitative estimate of drug-likeness (QED) is 0.0208.